The average molecular weight is 387 g/mol. The van der Waals surface area contributed by atoms with E-state index in [1.807, 2.05) is 56.1 Å². The number of amides is 2. The molecule has 150 valence electrons. The first-order chi connectivity index (χ1) is 13.4. The van der Waals surface area contributed by atoms with Crippen LogP contribution in [0.3, 0.4) is 0 Å². The highest BCUT2D eigenvalue weighted by Crippen LogP contribution is 2.26. The molecule has 1 aromatic heterocycles. The molecule has 2 N–H and O–H groups in total. The second kappa shape index (κ2) is 8.39. The average Bonchev–Trinajstić information content (AvgIpc) is 3.12. The first kappa shape index (κ1) is 19.8. The van der Waals surface area contributed by atoms with Gasteiger partial charge in [-0.05, 0) is 31.2 Å². The molecular weight excluding hydrogens is 362 g/mol. The summed E-state index contributed by atoms with van der Waals surface area (Å²) < 4.78 is 10.6. The minimum Gasteiger partial charge on any atom is -0.471 e. The van der Waals surface area contributed by atoms with E-state index in [9.17, 15) is 9.59 Å². The van der Waals surface area contributed by atoms with Crippen LogP contribution >= 0.6 is 0 Å². The highest BCUT2D eigenvalue weighted by Gasteiger charge is 2.31. The smallest absolute Gasteiger partial charge is 0.284 e. The molecule has 0 spiro atoms. The van der Waals surface area contributed by atoms with Crippen molar-refractivity contribution >= 4 is 11.8 Å². The molecule has 1 saturated heterocycles. The van der Waals surface area contributed by atoms with Crippen LogP contribution in [0.1, 0.15) is 20.3 Å². The summed E-state index contributed by atoms with van der Waals surface area (Å²) in [6.07, 6.45) is 0.0898. The van der Waals surface area contributed by atoms with Crippen LogP contribution in [0.15, 0.2) is 35.0 Å². The van der Waals surface area contributed by atoms with Crippen LogP contribution in [0.2, 0.25) is 0 Å². The molecule has 9 heteroatoms. The van der Waals surface area contributed by atoms with Gasteiger partial charge in [-0.3, -0.25) is 14.5 Å². The highest BCUT2D eigenvalue weighted by molar-refractivity contribution is 5.89. The normalized spacial score (nSPS) is 17.8. The molecule has 1 aliphatic rings. The van der Waals surface area contributed by atoms with Crippen molar-refractivity contribution in [1.29, 1.82) is 0 Å². The molecule has 2 amide bonds. The fourth-order valence-electron chi connectivity index (χ4n) is 3.01. The van der Waals surface area contributed by atoms with E-state index in [1.165, 1.54) is 0 Å². The largest absolute Gasteiger partial charge is 0.471 e. The standard InChI is InChI=1S/C19H25N5O4/c1-19(2,21-15(25)11-14-17(26)20-9-10-24(14)3)12-27-18-16(22-28-23-18)13-7-5-4-6-8-13/h4-8,14H,9-12H2,1-3H3,(H,20,26)(H,21,25). The van der Waals surface area contributed by atoms with Gasteiger partial charge < -0.3 is 15.4 Å². The second-order valence-electron chi connectivity index (χ2n) is 7.50. The summed E-state index contributed by atoms with van der Waals surface area (Å²) >= 11 is 0. The Morgan fingerprint density at radius 2 is 2.11 bits per heavy atom. The van der Waals surface area contributed by atoms with Gasteiger partial charge >= 0.3 is 0 Å². The number of aromatic nitrogens is 2. The fraction of sp³-hybridized carbons (Fsp3) is 0.474. The number of hydrogen-bond acceptors (Lipinski definition) is 7. The van der Waals surface area contributed by atoms with Crippen LogP contribution in [0.5, 0.6) is 5.88 Å². The molecule has 0 bridgehead atoms. The lowest BCUT2D eigenvalue weighted by molar-refractivity contribution is -0.133. The zero-order valence-corrected chi connectivity index (χ0v) is 16.3. The second-order valence-corrected chi connectivity index (χ2v) is 7.50. The monoisotopic (exact) mass is 387 g/mol. The van der Waals surface area contributed by atoms with E-state index in [2.05, 4.69) is 20.9 Å². The van der Waals surface area contributed by atoms with Gasteiger partial charge in [0, 0.05) is 18.7 Å². The van der Waals surface area contributed by atoms with Gasteiger partial charge in [-0.2, -0.15) is 0 Å². The highest BCUT2D eigenvalue weighted by atomic mass is 16.6. The number of piperazine rings is 1. The van der Waals surface area contributed by atoms with Crippen molar-refractivity contribution in [2.75, 3.05) is 26.7 Å². The number of ether oxygens (including phenoxy) is 1. The molecule has 1 aromatic carbocycles. The van der Waals surface area contributed by atoms with Crippen LogP contribution in [0, 0.1) is 0 Å². The Labute approximate surface area is 163 Å². The summed E-state index contributed by atoms with van der Waals surface area (Å²) in [5.74, 6) is -0.0805. The maximum absolute atomic E-state index is 12.4. The van der Waals surface area contributed by atoms with E-state index in [0.29, 0.717) is 12.2 Å². The molecule has 9 nitrogen and oxygen atoms in total. The number of nitrogens with zero attached hydrogens (tertiary/aromatic N) is 3. The lowest BCUT2D eigenvalue weighted by atomic mass is 10.0. The van der Waals surface area contributed by atoms with E-state index < -0.39 is 11.6 Å². The van der Waals surface area contributed by atoms with Crippen LogP contribution < -0.4 is 15.4 Å². The first-order valence-corrected chi connectivity index (χ1v) is 9.15. The number of carbonyl (C=O) groups excluding carboxylic acids is 2. The third kappa shape index (κ3) is 4.86. The molecule has 1 atom stereocenters. The Kier molecular flexibility index (Phi) is 5.93. The fourth-order valence-corrected chi connectivity index (χ4v) is 3.01. The van der Waals surface area contributed by atoms with Gasteiger partial charge in [0.1, 0.15) is 6.61 Å². The van der Waals surface area contributed by atoms with Crippen molar-refractivity contribution in [3.05, 3.63) is 30.3 Å². The minimum atomic E-state index is -0.673. The summed E-state index contributed by atoms with van der Waals surface area (Å²) in [5.41, 5.74) is 0.656. The molecule has 0 saturated carbocycles. The zero-order valence-electron chi connectivity index (χ0n) is 16.3. The Bertz CT molecular complexity index is 821. The van der Waals surface area contributed by atoms with Crippen molar-refractivity contribution in [2.45, 2.75) is 31.8 Å². The van der Waals surface area contributed by atoms with Crippen molar-refractivity contribution in [1.82, 2.24) is 25.8 Å². The molecule has 1 fully saturated rings. The predicted octanol–water partition coefficient (Wildman–Crippen LogP) is 0.831. The summed E-state index contributed by atoms with van der Waals surface area (Å²) in [5, 5.41) is 13.4. The zero-order chi connectivity index (χ0) is 20.1. The van der Waals surface area contributed by atoms with Crippen molar-refractivity contribution in [2.24, 2.45) is 0 Å². The van der Waals surface area contributed by atoms with Crippen molar-refractivity contribution in [3.8, 4) is 17.1 Å². The van der Waals surface area contributed by atoms with Gasteiger partial charge in [-0.1, -0.05) is 30.3 Å². The minimum absolute atomic E-state index is 0.0898. The third-order valence-electron chi connectivity index (χ3n) is 4.53. The lowest BCUT2D eigenvalue weighted by Crippen LogP contribution is -2.56. The molecule has 1 unspecified atom stereocenters. The van der Waals surface area contributed by atoms with Gasteiger partial charge in [0.15, 0.2) is 5.69 Å². The first-order valence-electron chi connectivity index (χ1n) is 9.15. The van der Waals surface area contributed by atoms with Crippen molar-refractivity contribution in [3.63, 3.8) is 0 Å². The van der Waals surface area contributed by atoms with E-state index in [-0.39, 0.29) is 30.7 Å². The Hall–Kier alpha value is -2.94. The molecule has 0 radical (unpaired) electrons. The Morgan fingerprint density at radius 1 is 1.36 bits per heavy atom. The molecule has 2 heterocycles. The number of carbonyl (C=O) groups is 2. The van der Waals surface area contributed by atoms with Crippen LogP contribution in [-0.2, 0) is 9.59 Å². The summed E-state index contributed by atoms with van der Waals surface area (Å²) in [6, 6.07) is 8.97. The number of nitrogens with one attached hydrogen (secondary N) is 2. The molecule has 28 heavy (non-hydrogen) atoms. The van der Waals surface area contributed by atoms with Crippen LogP contribution in [0.4, 0.5) is 0 Å². The van der Waals surface area contributed by atoms with Crippen molar-refractivity contribution < 1.29 is 19.0 Å². The van der Waals surface area contributed by atoms with Gasteiger partial charge in [0.05, 0.1) is 18.0 Å². The predicted molar refractivity (Wildman–Crippen MR) is 101 cm³/mol. The summed E-state index contributed by atoms with van der Waals surface area (Å²) in [4.78, 5) is 26.3. The third-order valence-corrected chi connectivity index (χ3v) is 4.53. The van der Waals surface area contributed by atoms with Gasteiger partial charge in [-0.25, -0.2) is 4.63 Å². The number of hydrogen-bond donors (Lipinski definition) is 2. The molecule has 2 aromatic rings. The molecular formula is C19H25N5O4. The molecule has 3 rings (SSSR count). The number of likely N-dealkylation sites (N-methyl/N-ethyl adjacent to an activating group) is 1. The number of rotatable bonds is 7. The van der Waals surface area contributed by atoms with Gasteiger partial charge in [0.2, 0.25) is 11.8 Å². The summed E-state index contributed by atoms with van der Waals surface area (Å²) in [7, 11) is 1.84. The van der Waals surface area contributed by atoms with E-state index in [4.69, 9.17) is 9.37 Å². The van der Waals surface area contributed by atoms with Crippen LogP contribution in [0.25, 0.3) is 11.3 Å². The maximum atomic E-state index is 12.4. The molecule has 0 aliphatic carbocycles. The lowest BCUT2D eigenvalue weighted by Gasteiger charge is -2.32. The van der Waals surface area contributed by atoms with E-state index in [0.717, 1.165) is 12.1 Å². The van der Waals surface area contributed by atoms with Crippen LogP contribution in [-0.4, -0.2) is 65.4 Å². The molecule has 1 aliphatic heterocycles. The van der Waals surface area contributed by atoms with E-state index >= 15 is 0 Å². The van der Waals surface area contributed by atoms with E-state index in [1.54, 1.807) is 0 Å². The number of benzene rings is 1. The maximum Gasteiger partial charge on any atom is 0.284 e. The summed E-state index contributed by atoms with van der Waals surface area (Å²) in [6.45, 7) is 5.16. The van der Waals surface area contributed by atoms with Gasteiger partial charge in [0.25, 0.3) is 5.88 Å². The Morgan fingerprint density at radius 3 is 2.82 bits per heavy atom. The SMILES string of the molecule is CN1CCNC(=O)C1CC(=O)NC(C)(C)COc1nonc1-c1ccccc1. The topological polar surface area (TPSA) is 110 Å². The van der Waals surface area contributed by atoms with Gasteiger partial charge in [-0.15, -0.1) is 0 Å². The quantitative estimate of drug-likeness (QED) is 0.724. The Balaban J connectivity index is 1.57.